The van der Waals surface area contributed by atoms with Gasteiger partial charge in [-0.1, -0.05) is 30.0 Å². The Labute approximate surface area is 172 Å². The molecule has 9 heteroatoms. The Morgan fingerprint density at radius 2 is 2.14 bits per heavy atom. The van der Waals surface area contributed by atoms with Crippen LogP contribution < -0.4 is 15.1 Å². The highest BCUT2D eigenvalue weighted by atomic mass is 32.2. The van der Waals surface area contributed by atoms with Gasteiger partial charge in [-0.05, 0) is 18.1 Å². The van der Waals surface area contributed by atoms with Crippen LogP contribution in [0.5, 0.6) is 5.75 Å². The molecule has 0 atom stereocenters. The van der Waals surface area contributed by atoms with Gasteiger partial charge in [0.25, 0.3) is 0 Å². The van der Waals surface area contributed by atoms with Crippen LogP contribution >= 0.6 is 11.8 Å². The molecule has 3 heterocycles. The quantitative estimate of drug-likeness (QED) is 0.576. The molecule has 0 radical (unpaired) electrons. The van der Waals surface area contributed by atoms with Crippen LogP contribution in [0.4, 0.5) is 5.69 Å². The van der Waals surface area contributed by atoms with E-state index in [4.69, 9.17) is 4.74 Å². The molecule has 8 nitrogen and oxygen atoms in total. The highest BCUT2D eigenvalue weighted by molar-refractivity contribution is 7.98. The lowest BCUT2D eigenvalue weighted by molar-refractivity contribution is -0.119. The maximum atomic E-state index is 13.1. The van der Waals surface area contributed by atoms with E-state index < -0.39 is 0 Å². The number of ether oxygens (including phenoxy) is 1. The number of anilines is 1. The van der Waals surface area contributed by atoms with Gasteiger partial charge in [0, 0.05) is 36.8 Å². The molecule has 0 N–H and O–H groups in total. The van der Waals surface area contributed by atoms with Crippen LogP contribution in [0.2, 0.25) is 0 Å². The van der Waals surface area contributed by atoms with E-state index >= 15 is 0 Å². The fourth-order valence-electron chi connectivity index (χ4n) is 3.39. The van der Waals surface area contributed by atoms with Gasteiger partial charge in [0.15, 0.2) is 10.9 Å². The summed E-state index contributed by atoms with van der Waals surface area (Å²) in [5, 5.41) is 8.66. The number of hydrogen-bond donors (Lipinski definition) is 0. The highest BCUT2D eigenvalue weighted by Crippen LogP contribution is 2.28. The number of nitrogens with zero attached hydrogens (tertiary/aromatic N) is 5. The number of para-hydroxylation sites is 1. The smallest absolute Gasteiger partial charge is 0.246 e. The van der Waals surface area contributed by atoms with Crippen LogP contribution in [0.25, 0.3) is 0 Å². The minimum atomic E-state index is -0.212. The Morgan fingerprint density at radius 3 is 2.90 bits per heavy atom. The lowest BCUT2D eigenvalue weighted by Crippen LogP contribution is -2.33. The van der Waals surface area contributed by atoms with Crippen molar-refractivity contribution in [1.82, 2.24) is 19.3 Å². The summed E-state index contributed by atoms with van der Waals surface area (Å²) in [7, 11) is 3.31. The first-order chi connectivity index (χ1) is 14.1. The molecule has 0 aliphatic carbocycles. The zero-order valence-electron chi connectivity index (χ0n) is 16.2. The summed E-state index contributed by atoms with van der Waals surface area (Å²) in [5.41, 5.74) is 2.65. The van der Waals surface area contributed by atoms with Crippen molar-refractivity contribution in [3.8, 4) is 5.75 Å². The SMILES string of the molecule is COc1cn(CC(=O)N2CCc3ccccc32)c(CSc2nncn2C)cc1=O. The molecule has 0 fully saturated rings. The summed E-state index contributed by atoms with van der Waals surface area (Å²) in [6, 6.07) is 9.47. The van der Waals surface area contributed by atoms with Gasteiger partial charge in [-0.2, -0.15) is 0 Å². The third-order valence-corrected chi connectivity index (χ3v) is 5.98. The predicted molar refractivity (Wildman–Crippen MR) is 110 cm³/mol. The number of benzene rings is 1. The van der Waals surface area contributed by atoms with Gasteiger partial charge >= 0.3 is 0 Å². The van der Waals surface area contributed by atoms with Crippen LogP contribution in [0.1, 0.15) is 11.3 Å². The number of amides is 1. The van der Waals surface area contributed by atoms with Crippen molar-refractivity contribution in [2.45, 2.75) is 23.9 Å². The van der Waals surface area contributed by atoms with Crippen LogP contribution in [0, 0.1) is 0 Å². The van der Waals surface area contributed by atoms with E-state index in [0.29, 0.717) is 12.3 Å². The Bertz CT molecular complexity index is 1110. The summed E-state index contributed by atoms with van der Waals surface area (Å²) >= 11 is 1.45. The molecule has 150 valence electrons. The molecule has 0 spiro atoms. The van der Waals surface area contributed by atoms with Crippen molar-refractivity contribution in [1.29, 1.82) is 0 Å². The fraction of sp³-hybridized carbons (Fsp3) is 0.300. The molecule has 1 aromatic carbocycles. The Kier molecular flexibility index (Phi) is 5.39. The predicted octanol–water partition coefficient (Wildman–Crippen LogP) is 1.87. The minimum absolute atomic E-state index is 0.0226. The molecule has 29 heavy (non-hydrogen) atoms. The molecular formula is C20H21N5O3S. The molecule has 3 aromatic rings. The Hall–Kier alpha value is -3.07. The lowest BCUT2D eigenvalue weighted by Gasteiger charge is -2.20. The normalized spacial score (nSPS) is 12.8. The van der Waals surface area contributed by atoms with E-state index in [0.717, 1.165) is 23.0 Å². The first-order valence-corrected chi connectivity index (χ1v) is 10.2. The average Bonchev–Trinajstić information content (AvgIpc) is 3.33. The second kappa shape index (κ2) is 8.12. The third-order valence-electron chi connectivity index (χ3n) is 4.92. The standard InChI is InChI=1S/C20H21N5O3S/c1-23-13-21-22-20(23)29-12-15-9-17(26)18(28-2)10-24(15)11-19(27)25-8-7-14-5-3-4-6-16(14)25/h3-6,9-10,13H,7-8,11-12H2,1-2H3. The number of rotatable bonds is 6. The first kappa shape index (κ1) is 19.3. The summed E-state index contributed by atoms with van der Waals surface area (Å²) in [6.45, 7) is 0.790. The molecule has 1 aliphatic heterocycles. The van der Waals surface area contributed by atoms with E-state index in [2.05, 4.69) is 10.2 Å². The van der Waals surface area contributed by atoms with Gasteiger partial charge in [0.05, 0.1) is 13.3 Å². The Balaban J connectivity index is 1.59. The number of methoxy groups -OCH3 is 1. The van der Waals surface area contributed by atoms with Gasteiger partial charge in [-0.3, -0.25) is 9.59 Å². The summed E-state index contributed by atoms with van der Waals surface area (Å²) < 4.78 is 8.78. The summed E-state index contributed by atoms with van der Waals surface area (Å²) in [4.78, 5) is 27.1. The largest absolute Gasteiger partial charge is 0.491 e. The van der Waals surface area contributed by atoms with Gasteiger partial charge in [-0.15, -0.1) is 10.2 Å². The molecule has 0 saturated heterocycles. The van der Waals surface area contributed by atoms with Crippen LogP contribution in [0.15, 0.2) is 52.8 Å². The fourth-order valence-corrected chi connectivity index (χ4v) is 4.27. The Morgan fingerprint density at radius 1 is 1.31 bits per heavy atom. The molecular weight excluding hydrogens is 390 g/mol. The molecule has 0 bridgehead atoms. The van der Waals surface area contributed by atoms with Crippen LogP contribution in [0.3, 0.4) is 0 Å². The minimum Gasteiger partial charge on any atom is -0.491 e. The number of carbonyl (C=O) groups excluding carboxylic acids is 1. The first-order valence-electron chi connectivity index (χ1n) is 9.19. The van der Waals surface area contributed by atoms with Crippen LogP contribution in [-0.2, 0) is 30.6 Å². The van der Waals surface area contributed by atoms with Crippen molar-refractivity contribution in [2.24, 2.45) is 7.05 Å². The van der Waals surface area contributed by atoms with Gasteiger partial charge in [0.2, 0.25) is 11.3 Å². The zero-order chi connectivity index (χ0) is 20.4. The number of fused-ring (bicyclic) bond motifs is 1. The number of carbonyl (C=O) groups is 1. The van der Waals surface area contributed by atoms with Crippen molar-refractivity contribution in [2.75, 3.05) is 18.6 Å². The van der Waals surface area contributed by atoms with Gasteiger partial charge in [-0.25, -0.2) is 0 Å². The van der Waals surface area contributed by atoms with Crippen molar-refractivity contribution >= 4 is 23.4 Å². The molecule has 2 aromatic heterocycles. The lowest BCUT2D eigenvalue weighted by atomic mass is 10.2. The maximum absolute atomic E-state index is 13.1. The maximum Gasteiger partial charge on any atom is 0.246 e. The second-order valence-corrected chi connectivity index (χ2v) is 7.70. The van der Waals surface area contributed by atoms with Gasteiger partial charge < -0.3 is 18.8 Å². The van der Waals surface area contributed by atoms with E-state index in [1.807, 2.05) is 35.9 Å². The monoisotopic (exact) mass is 411 g/mol. The molecule has 4 rings (SSSR count). The second-order valence-electron chi connectivity index (χ2n) is 6.76. The zero-order valence-corrected chi connectivity index (χ0v) is 17.1. The molecule has 0 saturated carbocycles. The molecule has 0 unspecified atom stereocenters. The number of aromatic nitrogens is 4. The van der Waals surface area contributed by atoms with Crippen molar-refractivity contribution in [3.63, 3.8) is 0 Å². The van der Waals surface area contributed by atoms with Gasteiger partial charge in [0.1, 0.15) is 12.9 Å². The molecule has 1 aliphatic rings. The third kappa shape index (κ3) is 3.91. The van der Waals surface area contributed by atoms with E-state index in [1.54, 1.807) is 22.0 Å². The van der Waals surface area contributed by atoms with E-state index in [-0.39, 0.29) is 23.6 Å². The number of hydrogen-bond acceptors (Lipinski definition) is 6. The highest BCUT2D eigenvalue weighted by Gasteiger charge is 2.24. The van der Waals surface area contributed by atoms with E-state index in [1.165, 1.54) is 30.5 Å². The van der Waals surface area contributed by atoms with Crippen molar-refractivity contribution < 1.29 is 9.53 Å². The summed E-state index contributed by atoms with van der Waals surface area (Å²) in [5.74, 6) is 0.674. The average molecular weight is 411 g/mol. The number of pyridine rings is 1. The van der Waals surface area contributed by atoms with E-state index in [9.17, 15) is 9.59 Å². The van der Waals surface area contributed by atoms with Crippen LogP contribution in [-0.4, -0.2) is 38.9 Å². The van der Waals surface area contributed by atoms with Crippen molar-refractivity contribution in [3.05, 3.63) is 64.3 Å². The summed E-state index contributed by atoms with van der Waals surface area (Å²) in [6.07, 6.45) is 4.08. The molecule has 1 amide bonds. The number of aryl methyl sites for hydroxylation is 1. The number of thioether (sulfide) groups is 1. The topological polar surface area (TPSA) is 82.2 Å².